The van der Waals surface area contributed by atoms with Gasteiger partial charge >= 0.3 is 12.1 Å². The van der Waals surface area contributed by atoms with Crippen molar-refractivity contribution in [2.75, 3.05) is 13.1 Å². The van der Waals surface area contributed by atoms with Crippen LogP contribution in [0.3, 0.4) is 0 Å². The third kappa shape index (κ3) is 2.81. The number of nitrogens with zero attached hydrogens (tertiary/aromatic N) is 1. The number of ether oxygens (including phenoxy) is 1. The first kappa shape index (κ1) is 18.3. The molecule has 2 fully saturated rings. The van der Waals surface area contributed by atoms with E-state index in [-0.39, 0.29) is 24.3 Å². The summed E-state index contributed by atoms with van der Waals surface area (Å²) in [5.41, 5.74) is 0.893. The van der Waals surface area contributed by atoms with E-state index in [2.05, 4.69) is 10.5 Å². The van der Waals surface area contributed by atoms with Crippen molar-refractivity contribution in [1.82, 2.24) is 5.32 Å². The van der Waals surface area contributed by atoms with E-state index < -0.39 is 23.3 Å². The first-order valence-electron chi connectivity index (χ1n) is 8.90. The van der Waals surface area contributed by atoms with Gasteiger partial charge in [-0.1, -0.05) is 35.0 Å². The molecule has 4 rings (SSSR count). The lowest BCUT2D eigenvalue weighted by atomic mass is 9.79. The summed E-state index contributed by atoms with van der Waals surface area (Å²) in [5, 5.41) is 7.27. The molecule has 0 bridgehead atoms. The number of alkyl halides is 3. The average Bonchev–Trinajstić information content (AvgIpc) is 2.85. The minimum absolute atomic E-state index is 0.185. The van der Waals surface area contributed by atoms with Crippen molar-refractivity contribution in [1.29, 1.82) is 0 Å². The Labute approximate surface area is 154 Å². The van der Waals surface area contributed by atoms with Crippen molar-refractivity contribution < 1.29 is 27.5 Å². The number of aryl methyl sites for hydroxylation is 1. The van der Waals surface area contributed by atoms with Crippen LogP contribution in [0.1, 0.15) is 30.9 Å². The van der Waals surface area contributed by atoms with Crippen molar-refractivity contribution in [2.45, 2.75) is 44.1 Å². The molecule has 2 heterocycles. The van der Waals surface area contributed by atoms with E-state index in [1.54, 1.807) is 0 Å². The zero-order chi connectivity index (χ0) is 19.6. The predicted octanol–water partition coefficient (Wildman–Crippen LogP) is 2.94. The second-order valence-corrected chi connectivity index (χ2v) is 8.12. The molecule has 27 heavy (non-hydrogen) atoms. The van der Waals surface area contributed by atoms with Crippen LogP contribution >= 0.6 is 0 Å². The van der Waals surface area contributed by atoms with Gasteiger partial charge in [0.1, 0.15) is 11.2 Å². The van der Waals surface area contributed by atoms with Crippen LogP contribution in [-0.4, -0.2) is 42.1 Å². The van der Waals surface area contributed by atoms with Crippen molar-refractivity contribution in [3.63, 3.8) is 0 Å². The van der Waals surface area contributed by atoms with Gasteiger partial charge in [0.05, 0.1) is 17.5 Å². The number of piperidine rings is 1. The first-order valence-corrected chi connectivity index (χ1v) is 8.90. The molecule has 0 spiro atoms. The number of carbonyl (C=O) groups excluding carboxylic acids is 1. The maximum absolute atomic E-state index is 12.8. The molecule has 0 radical (unpaired) electrons. The number of rotatable bonds is 3. The van der Waals surface area contributed by atoms with E-state index >= 15 is 0 Å². The van der Waals surface area contributed by atoms with E-state index in [0.717, 1.165) is 11.1 Å². The van der Waals surface area contributed by atoms with Crippen LogP contribution in [0.25, 0.3) is 0 Å². The Balaban J connectivity index is 1.65. The number of fused-ring (bicyclic) bond motifs is 1. The molecule has 2 aliphatic heterocycles. The van der Waals surface area contributed by atoms with Gasteiger partial charge in [-0.2, -0.15) is 13.2 Å². The minimum Gasteiger partial charge on any atom is -0.450 e. The summed E-state index contributed by atoms with van der Waals surface area (Å²) in [6, 6.07) is 7.91. The molecule has 1 saturated carbocycles. The zero-order valence-electron chi connectivity index (χ0n) is 15.3. The molecule has 1 aliphatic carbocycles. The summed E-state index contributed by atoms with van der Waals surface area (Å²) < 4.78 is 43.2. The molecule has 8 heteroatoms. The molecule has 1 saturated heterocycles. The second-order valence-electron chi connectivity index (χ2n) is 8.12. The highest BCUT2D eigenvalue weighted by Gasteiger charge is 2.75. The fourth-order valence-corrected chi connectivity index (χ4v) is 4.60. The van der Waals surface area contributed by atoms with Gasteiger partial charge in [0.2, 0.25) is 0 Å². The summed E-state index contributed by atoms with van der Waals surface area (Å²) in [6.45, 7) is 6.45. The molecule has 0 amide bonds. The second kappa shape index (κ2) is 5.70. The molecule has 1 N–H and O–H groups in total. The van der Waals surface area contributed by atoms with Crippen molar-refractivity contribution in [2.24, 2.45) is 17.0 Å². The van der Waals surface area contributed by atoms with Crippen LogP contribution in [0.2, 0.25) is 0 Å². The Hall–Kier alpha value is -2.09. The number of esters is 1. The van der Waals surface area contributed by atoms with Gasteiger partial charge < -0.3 is 14.9 Å². The van der Waals surface area contributed by atoms with Gasteiger partial charge in [-0.3, -0.25) is 0 Å². The fraction of sp³-hybridized carbons (Fsp3) is 0.579. The maximum atomic E-state index is 12.8. The van der Waals surface area contributed by atoms with E-state index in [1.807, 2.05) is 45.0 Å². The fourth-order valence-electron chi connectivity index (χ4n) is 4.60. The lowest BCUT2D eigenvalue weighted by Crippen LogP contribution is -2.39. The van der Waals surface area contributed by atoms with Gasteiger partial charge in [0.25, 0.3) is 0 Å². The van der Waals surface area contributed by atoms with Crippen LogP contribution in [-0.2, 0) is 14.4 Å². The Kier molecular flexibility index (Phi) is 3.86. The SMILES string of the molecule is Cc1cccc(C2C(C3C4CNCC43OC(=O)C(F)(F)F)=NOC2(C)C)c1. The highest BCUT2D eigenvalue weighted by molar-refractivity contribution is 5.99. The number of carbonyl (C=O) groups is 1. The van der Waals surface area contributed by atoms with Crippen LogP contribution in [0, 0.1) is 18.8 Å². The zero-order valence-corrected chi connectivity index (χ0v) is 15.3. The van der Waals surface area contributed by atoms with E-state index in [4.69, 9.17) is 9.57 Å². The summed E-state index contributed by atoms with van der Waals surface area (Å²) in [6.07, 6.45) is -5.02. The van der Waals surface area contributed by atoms with Crippen LogP contribution in [0.15, 0.2) is 29.4 Å². The lowest BCUT2D eigenvalue weighted by Gasteiger charge is -2.27. The molecule has 5 nitrogen and oxygen atoms in total. The normalized spacial score (nSPS) is 33.9. The average molecular weight is 382 g/mol. The molecule has 4 unspecified atom stereocenters. The van der Waals surface area contributed by atoms with Crippen molar-refractivity contribution in [3.05, 3.63) is 35.4 Å². The van der Waals surface area contributed by atoms with Gasteiger partial charge in [-0.25, -0.2) is 4.79 Å². The molecule has 146 valence electrons. The maximum Gasteiger partial charge on any atom is 0.490 e. The minimum atomic E-state index is -5.02. The number of benzene rings is 1. The summed E-state index contributed by atoms with van der Waals surface area (Å²) in [4.78, 5) is 17.1. The predicted molar refractivity (Wildman–Crippen MR) is 91.2 cm³/mol. The van der Waals surface area contributed by atoms with Crippen LogP contribution < -0.4 is 5.32 Å². The van der Waals surface area contributed by atoms with Crippen molar-refractivity contribution in [3.8, 4) is 0 Å². The number of oxime groups is 1. The molecular formula is C19H21F3N2O3. The van der Waals surface area contributed by atoms with Crippen LogP contribution in [0.5, 0.6) is 0 Å². The Morgan fingerprint density at radius 3 is 2.78 bits per heavy atom. The van der Waals surface area contributed by atoms with Crippen LogP contribution in [0.4, 0.5) is 13.2 Å². The van der Waals surface area contributed by atoms with E-state index in [1.165, 1.54) is 0 Å². The largest absolute Gasteiger partial charge is 0.490 e. The number of hydrogen-bond donors (Lipinski definition) is 1. The standard InChI is InChI=1S/C19H21F3N2O3/c1-10-5-4-6-11(7-10)13-15(24-27-17(13,2)3)14-12-8-23-9-18(12,14)26-16(25)19(20,21)22/h4-7,12-14,23H,8-9H2,1-3H3. The van der Waals surface area contributed by atoms with E-state index in [0.29, 0.717) is 12.3 Å². The monoisotopic (exact) mass is 382 g/mol. The van der Waals surface area contributed by atoms with Gasteiger partial charge in [0, 0.05) is 19.0 Å². The lowest BCUT2D eigenvalue weighted by molar-refractivity contribution is -0.207. The molecule has 0 aromatic heterocycles. The number of hydrogen-bond acceptors (Lipinski definition) is 5. The first-order chi connectivity index (χ1) is 12.6. The van der Waals surface area contributed by atoms with Gasteiger partial charge in [-0.15, -0.1) is 0 Å². The van der Waals surface area contributed by atoms with Crippen molar-refractivity contribution >= 4 is 11.7 Å². The topological polar surface area (TPSA) is 59.9 Å². The third-order valence-electron chi connectivity index (χ3n) is 5.80. The molecule has 4 atom stereocenters. The summed E-state index contributed by atoms with van der Waals surface area (Å²) in [7, 11) is 0. The Morgan fingerprint density at radius 1 is 1.37 bits per heavy atom. The van der Waals surface area contributed by atoms with Gasteiger partial charge in [0.15, 0.2) is 0 Å². The highest BCUT2D eigenvalue weighted by Crippen LogP contribution is 2.60. The van der Waals surface area contributed by atoms with Gasteiger partial charge in [-0.05, 0) is 26.3 Å². The summed E-state index contributed by atoms with van der Waals surface area (Å²) in [5.74, 6) is -2.97. The summed E-state index contributed by atoms with van der Waals surface area (Å²) >= 11 is 0. The number of nitrogens with one attached hydrogen (secondary N) is 1. The molecular weight excluding hydrogens is 361 g/mol. The highest BCUT2D eigenvalue weighted by atomic mass is 19.4. The van der Waals surface area contributed by atoms with E-state index in [9.17, 15) is 18.0 Å². The Bertz CT molecular complexity index is 821. The molecule has 1 aromatic rings. The molecule has 1 aromatic carbocycles. The third-order valence-corrected chi connectivity index (χ3v) is 5.80. The molecule has 3 aliphatic rings. The quantitative estimate of drug-likeness (QED) is 0.817. The number of halogens is 3. The smallest absolute Gasteiger partial charge is 0.450 e. The Morgan fingerprint density at radius 2 is 2.11 bits per heavy atom.